The van der Waals surface area contributed by atoms with Crippen LogP contribution in [0.15, 0.2) is 17.8 Å². The molecule has 6 nitrogen and oxygen atoms in total. The molecule has 0 atom stereocenters. The maximum atomic E-state index is 11.9. The molecule has 2 rings (SSSR count). The van der Waals surface area contributed by atoms with Crippen LogP contribution in [0.2, 0.25) is 0 Å². The summed E-state index contributed by atoms with van der Waals surface area (Å²) in [5.74, 6) is 1.37. The van der Waals surface area contributed by atoms with Gasteiger partial charge in [-0.25, -0.2) is 9.97 Å². The first kappa shape index (κ1) is 15.5. The van der Waals surface area contributed by atoms with Gasteiger partial charge >= 0.3 is 0 Å². The van der Waals surface area contributed by atoms with Gasteiger partial charge in [0.2, 0.25) is 0 Å². The van der Waals surface area contributed by atoms with Crippen LogP contribution in [0.1, 0.15) is 42.5 Å². The van der Waals surface area contributed by atoms with Gasteiger partial charge in [0.15, 0.2) is 5.13 Å². The van der Waals surface area contributed by atoms with E-state index in [0.717, 1.165) is 23.9 Å². The molecule has 2 aromatic rings. The molecule has 0 aliphatic heterocycles. The van der Waals surface area contributed by atoms with Gasteiger partial charge in [-0.3, -0.25) is 4.79 Å². The van der Waals surface area contributed by atoms with Crippen molar-refractivity contribution >= 4 is 22.4 Å². The quantitative estimate of drug-likeness (QED) is 0.770. The topological polar surface area (TPSA) is 71.8 Å². The van der Waals surface area contributed by atoms with Crippen LogP contribution in [0.4, 0.5) is 5.13 Å². The van der Waals surface area contributed by atoms with E-state index in [-0.39, 0.29) is 5.91 Å². The third-order valence-corrected chi connectivity index (χ3v) is 3.94. The molecule has 0 fully saturated rings. The van der Waals surface area contributed by atoms with Crippen LogP contribution in [0.3, 0.4) is 0 Å². The third-order valence-electron chi connectivity index (χ3n) is 3.08. The number of aromatic nitrogens is 3. The van der Waals surface area contributed by atoms with Crippen LogP contribution in [0.5, 0.6) is 0 Å². The van der Waals surface area contributed by atoms with Gasteiger partial charge in [0.25, 0.3) is 5.91 Å². The largest absolute Gasteiger partial charge is 0.365 e. The van der Waals surface area contributed by atoms with E-state index < -0.39 is 0 Å². The summed E-state index contributed by atoms with van der Waals surface area (Å²) in [7, 11) is 1.79. The lowest BCUT2D eigenvalue weighted by Gasteiger charge is -2.10. The molecule has 2 aromatic heterocycles. The number of aryl methyl sites for hydroxylation is 1. The lowest BCUT2D eigenvalue weighted by Crippen LogP contribution is -2.25. The molecule has 21 heavy (non-hydrogen) atoms. The van der Waals surface area contributed by atoms with Crippen LogP contribution in [0.25, 0.3) is 0 Å². The average Bonchev–Trinajstić information content (AvgIpc) is 3.11. The maximum absolute atomic E-state index is 11.9. The van der Waals surface area contributed by atoms with Crippen LogP contribution in [-0.2, 0) is 6.54 Å². The van der Waals surface area contributed by atoms with E-state index in [9.17, 15) is 4.79 Å². The van der Waals surface area contributed by atoms with Crippen LogP contribution >= 0.6 is 11.3 Å². The number of hydrogen-bond donors (Lipinski definition) is 2. The zero-order valence-electron chi connectivity index (χ0n) is 12.6. The summed E-state index contributed by atoms with van der Waals surface area (Å²) in [6.07, 6.45) is 4.67. The third kappa shape index (κ3) is 4.04. The van der Waals surface area contributed by atoms with Crippen molar-refractivity contribution in [2.45, 2.75) is 32.7 Å². The second-order valence-corrected chi connectivity index (χ2v) is 5.89. The van der Waals surface area contributed by atoms with E-state index >= 15 is 0 Å². The van der Waals surface area contributed by atoms with E-state index in [1.807, 2.05) is 12.4 Å². The standard InChI is InChI=1S/C14H21N5OS/c1-10(2)12-16-6-8-19(12)7-4-5-17-13(20)11-9-21-14(15-3)18-11/h6,8-10H,4-5,7H2,1-3H3,(H,15,18)(H,17,20). The number of anilines is 1. The van der Waals surface area contributed by atoms with Gasteiger partial charge in [-0.05, 0) is 6.42 Å². The van der Waals surface area contributed by atoms with E-state index in [4.69, 9.17) is 0 Å². The normalized spacial score (nSPS) is 10.9. The summed E-state index contributed by atoms with van der Waals surface area (Å²) in [5.41, 5.74) is 0.467. The van der Waals surface area contributed by atoms with Gasteiger partial charge in [0.1, 0.15) is 11.5 Å². The number of nitrogens with zero attached hydrogens (tertiary/aromatic N) is 3. The van der Waals surface area contributed by atoms with Crippen molar-refractivity contribution in [2.24, 2.45) is 0 Å². The number of nitrogens with one attached hydrogen (secondary N) is 2. The summed E-state index contributed by atoms with van der Waals surface area (Å²) in [6.45, 7) is 5.73. The second kappa shape index (κ2) is 7.21. The lowest BCUT2D eigenvalue weighted by atomic mass is 10.2. The molecule has 114 valence electrons. The highest BCUT2D eigenvalue weighted by Crippen LogP contribution is 2.14. The van der Waals surface area contributed by atoms with Crippen molar-refractivity contribution in [3.05, 3.63) is 29.3 Å². The molecule has 0 saturated heterocycles. The molecule has 0 spiro atoms. The minimum Gasteiger partial charge on any atom is -0.365 e. The number of rotatable bonds is 7. The molecule has 0 bridgehead atoms. The fourth-order valence-corrected chi connectivity index (χ4v) is 2.70. The average molecular weight is 307 g/mol. The molecule has 7 heteroatoms. The first-order chi connectivity index (χ1) is 10.1. The Morgan fingerprint density at radius 1 is 1.48 bits per heavy atom. The first-order valence-corrected chi connectivity index (χ1v) is 7.92. The maximum Gasteiger partial charge on any atom is 0.270 e. The van der Waals surface area contributed by atoms with E-state index in [1.165, 1.54) is 11.3 Å². The highest BCUT2D eigenvalue weighted by Gasteiger charge is 2.10. The Morgan fingerprint density at radius 2 is 2.29 bits per heavy atom. The highest BCUT2D eigenvalue weighted by molar-refractivity contribution is 7.13. The summed E-state index contributed by atoms with van der Waals surface area (Å²) < 4.78 is 2.14. The minimum absolute atomic E-state index is 0.123. The Bertz CT molecular complexity index is 590. The zero-order valence-corrected chi connectivity index (χ0v) is 13.4. The van der Waals surface area contributed by atoms with Crippen LogP contribution < -0.4 is 10.6 Å². The molecule has 2 N–H and O–H groups in total. The minimum atomic E-state index is -0.123. The Morgan fingerprint density at radius 3 is 2.95 bits per heavy atom. The predicted molar refractivity (Wildman–Crippen MR) is 84.9 cm³/mol. The molecule has 0 unspecified atom stereocenters. The van der Waals surface area contributed by atoms with Crippen LogP contribution in [-0.4, -0.2) is 34.0 Å². The molecule has 0 aliphatic rings. The molecule has 0 aromatic carbocycles. The van der Waals surface area contributed by atoms with Crippen molar-refractivity contribution in [1.82, 2.24) is 19.9 Å². The van der Waals surface area contributed by atoms with Gasteiger partial charge in [-0.2, -0.15) is 0 Å². The molecule has 0 radical (unpaired) electrons. The summed E-state index contributed by atoms with van der Waals surface area (Å²) >= 11 is 1.42. The highest BCUT2D eigenvalue weighted by atomic mass is 32.1. The van der Waals surface area contributed by atoms with Gasteiger partial charge < -0.3 is 15.2 Å². The number of imidazole rings is 1. The van der Waals surface area contributed by atoms with Gasteiger partial charge in [-0.15, -0.1) is 11.3 Å². The molecule has 2 heterocycles. The Kier molecular flexibility index (Phi) is 5.32. The summed E-state index contributed by atoms with van der Waals surface area (Å²) in [4.78, 5) is 20.4. The predicted octanol–water partition coefficient (Wildman–Crippen LogP) is 2.32. The van der Waals surface area contributed by atoms with Gasteiger partial charge in [0.05, 0.1) is 0 Å². The summed E-state index contributed by atoms with van der Waals surface area (Å²) in [5, 5.41) is 8.32. The molecule has 0 saturated carbocycles. The van der Waals surface area contributed by atoms with E-state index in [2.05, 4.69) is 39.0 Å². The van der Waals surface area contributed by atoms with Crippen molar-refractivity contribution < 1.29 is 4.79 Å². The molecule has 0 aliphatic carbocycles. The van der Waals surface area contributed by atoms with Crippen molar-refractivity contribution in [3.63, 3.8) is 0 Å². The number of thiazole rings is 1. The molecular formula is C14H21N5OS. The lowest BCUT2D eigenvalue weighted by molar-refractivity contribution is 0.0948. The number of carbonyl (C=O) groups excluding carboxylic acids is 1. The van der Waals surface area contributed by atoms with Gasteiger partial charge in [-0.1, -0.05) is 13.8 Å². The zero-order chi connectivity index (χ0) is 15.2. The van der Waals surface area contributed by atoms with Crippen molar-refractivity contribution in [2.75, 3.05) is 18.9 Å². The number of carbonyl (C=O) groups is 1. The molecular weight excluding hydrogens is 286 g/mol. The SMILES string of the molecule is CNc1nc(C(=O)NCCCn2ccnc2C(C)C)cs1. The Balaban J connectivity index is 1.76. The van der Waals surface area contributed by atoms with Crippen LogP contribution in [0, 0.1) is 0 Å². The Hall–Kier alpha value is -1.89. The fraction of sp³-hybridized carbons (Fsp3) is 0.500. The summed E-state index contributed by atoms with van der Waals surface area (Å²) in [6, 6.07) is 0. The smallest absolute Gasteiger partial charge is 0.270 e. The first-order valence-electron chi connectivity index (χ1n) is 7.04. The number of hydrogen-bond acceptors (Lipinski definition) is 5. The van der Waals surface area contributed by atoms with E-state index in [0.29, 0.717) is 18.2 Å². The van der Waals surface area contributed by atoms with Crippen molar-refractivity contribution in [1.29, 1.82) is 0 Å². The van der Waals surface area contributed by atoms with Crippen molar-refractivity contribution in [3.8, 4) is 0 Å². The molecule has 1 amide bonds. The van der Waals surface area contributed by atoms with Gasteiger partial charge in [0, 0.05) is 43.8 Å². The Labute approximate surface area is 128 Å². The number of amides is 1. The monoisotopic (exact) mass is 307 g/mol. The van der Waals surface area contributed by atoms with E-state index in [1.54, 1.807) is 12.4 Å². The fourth-order valence-electron chi connectivity index (χ4n) is 2.05. The second-order valence-electron chi connectivity index (χ2n) is 5.03.